The minimum Gasteiger partial charge on any atom is -0.496 e. The predicted octanol–water partition coefficient (Wildman–Crippen LogP) is 7.99. The van der Waals surface area contributed by atoms with Crippen LogP contribution in [0.5, 0.6) is 23.0 Å². The topological polar surface area (TPSA) is 105 Å². The van der Waals surface area contributed by atoms with E-state index in [-0.39, 0.29) is 23.1 Å². The van der Waals surface area contributed by atoms with Gasteiger partial charge in [-0.15, -0.1) is 0 Å². The number of methoxy groups -OCH3 is 4. The summed E-state index contributed by atoms with van der Waals surface area (Å²) in [5.41, 5.74) is 11.4. The number of ether oxygens (including phenoxy) is 4. The van der Waals surface area contributed by atoms with Gasteiger partial charge in [0, 0.05) is 102 Å². The second kappa shape index (κ2) is 11.4. The Morgan fingerprint density at radius 2 is 0.467 bits per heavy atom. The van der Waals surface area contributed by atoms with Gasteiger partial charge >= 0.3 is 0 Å². The van der Waals surface area contributed by atoms with Crippen molar-refractivity contribution in [3.8, 4) is 23.0 Å². The van der Waals surface area contributed by atoms with Crippen molar-refractivity contribution >= 4 is 23.1 Å². The molecule has 2 unspecified atom stereocenters. The second-order valence-corrected chi connectivity index (χ2v) is 16.7. The molecule has 0 saturated carbocycles. The Bertz CT molecular complexity index is 2760. The van der Waals surface area contributed by atoms with Gasteiger partial charge in [-0.05, 0) is 57.6 Å². The van der Waals surface area contributed by atoms with Crippen LogP contribution in [0.2, 0.25) is 0 Å². The van der Waals surface area contributed by atoms with Crippen molar-refractivity contribution in [3.63, 3.8) is 0 Å². The zero-order chi connectivity index (χ0) is 40.6. The molecule has 0 aromatic heterocycles. The second-order valence-electron chi connectivity index (χ2n) is 16.7. The maximum Gasteiger partial charge on any atom is 0.187 e. The fraction of sp³-hybridized carbons (Fsp3) is 0.192. The van der Waals surface area contributed by atoms with Crippen molar-refractivity contribution in [2.75, 3.05) is 28.4 Å². The number of carbonyl (C=O) groups excluding carboxylic acids is 4. The molecule has 6 atom stereocenters. The van der Waals surface area contributed by atoms with Crippen LogP contribution in [0.4, 0.5) is 0 Å². The van der Waals surface area contributed by atoms with E-state index in [0.29, 0.717) is 67.6 Å². The van der Waals surface area contributed by atoms with Crippen LogP contribution in [0.3, 0.4) is 0 Å². The van der Waals surface area contributed by atoms with Gasteiger partial charge in [-0.1, -0.05) is 72.8 Å². The quantitative estimate of drug-likeness (QED) is 0.169. The molecule has 60 heavy (non-hydrogen) atoms. The van der Waals surface area contributed by atoms with Crippen LogP contribution in [0.15, 0.2) is 142 Å². The molecule has 8 heteroatoms. The molecule has 8 nitrogen and oxygen atoms in total. The van der Waals surface area contributed by atoms with Gasteiger partial charge in [-0.25, -0.2) is 0 Å². The van der Waals surface area contributed by atoms with E-state index in [9.17, 15) is 0 Å². The number of benzene rings is 5. The van der Waals surface area contributed by atoms with E-state index < -0.39 is 35.5 Å². The van der Waals surface area contributed by atoms with Crippen LogP contribution < -0.4 is 18.9 Å². The SMILES string of the molecule is COc1ccc(OC)c2c1[C@@H]1C3=C(C(=O)C4=C(C3=O)C3C5=C(C(=O)C6=C(C5=O)[C@H]5c7ccccc7[C@@H]6c6c(OC)ccc(OC)c65)C4c4ccccc43)[C@H]2c2ccccc21. The number of Topliss-reactive ketones (excluding diaryl/α,β-unsaturated/α-hetero) is 4. The summed E-state index contributed by atoms with van der Waals surface area (Å²) in [5.74, 6) is -2.91. The molecule has 5 aromatic carbocycles. The molecule has 11 aliphatic carbocycles. The molecule has 290 valence electrons. The summed E-state index contributed by atoms with van der Waals surface area (Å²) in [6, 6.07) is 31.0. The molecule has 0 amide bonds. The summed E-state index contributed by atoms with van der Waals surface area (Å²) in [6.07, 6.45) is 0. The van der Waals surface area contributed by atoms with Crippen molar-refractivity contribution in [1.29, 1.82) is 0 Å². The van der Waals surface area contributed by atoms with Gasteiger partial charge in [-0.3, -0.25) is 19.2 Å². The number of carbonyl (C=O) groups is 4. The van der Waals surface area contributed by atoms with Gasteiger partial charge < -0.3 is 18.9 Å². The standard InChI is InChI=1S/C52H34O8/c1-57-27-17-18-28(58-2)38-32-22-12-6-5-11-21(22)31(37(27)38)41-42(32)50(54)46-36-26-16-10-9-15-25(26)35(45(46)49(41)53)47-48(36)52(56)44-34-24-14-8-7-13-23(24)33(43(44)51(47)55)39-29(59-3)19-20-30(60-4)40(34)39/h5-20,31-36H,1-4H3/t31-,32+,33+,34-,35?,36?. The van der Waals surface area contributed by atoms with Gasteiger partial charge in [0.25, 0.3) is 0 Å². The van der Waals surface area contributed by atoms with Crippen molar-refractivity contribution in [2.45, 2.75) is 35.5 Å². The first-order valence-corrected chi connectivity index (χ1v) is 20.3. The highest BCUT2D eigenvalue weighted by molar-refractivity contribution is 6.36. The third kappa shape index (κ3) is 3.60. The Labute approximate surface area is 344 Å². The van der Waals surface area contributed by atoms with Gasteiger partial charge in [0.2, 0.25) is 0 Å². The zero-order valence-electron chi connectivity index (χ0n) is 33.0. The van der Waals surface area contributed by atoms with Crippen molar-refractivity contribution in [1.82, 2.24) is 0 Å². The molecular weight excluding hydrogens is 753 g/mol. The largest absolute Gasteiger partial charge is 0.496 e. The summed E-state index contributed by atoms with van der Waals surface area (Å²) >= 11 is 0. The molecular formula is C52H34O8. The molecule has 0 fully saturated rings. The lowest BCUT2D eigenvalue weighted by Gasteiger charge is -2.52. The lowest BCUT2D eigenvalue weighted by molar-refractivity contribution is -0.119. The Morgan fingerprint density at radius 1 is 0.283 bits per heavy atom. The van der Waals surface area contributed by atoms with Crippen molar-refractivity contribution < 1.29 is 38.1 Å². The van der Waals surface area contributed by atoms with Crippen LogP contribution in [0.1, 0.15) is 91.1 Å². The Morgan fingerprint density at radius 3 is 0.667 bits per heavy atom. The van der Waals surface area contributed by atoms with Gasteiger partial charge in [0.15, 0.2) is 23.1 Å². The van der Waals surface area contributed by atoms with Gasteiger partial charge in [0.1, 0.15) is 23.0 Å². The van der Waals surface area contributed by atoms with Gasteiger partial charge in [0.05, 0.1) is 28.4 Å². The van der Waals surface area contributed by atoms with E-state index in [4.69, 9.17) is 18.9 Å². The molecule has 5 aromatic rings. The summed E-state index contributed by atoms with van der Waals surface area (Å²) in [5, 5.41) is 0. The van der Waals surface area contributed by atoms with Crippen LogP contribution in [-0.4, -0.2) is 51.6 Å². The van der Waals surface area contributed by atoms with E-state index in [2.05, 4.69) is 0 Å². The highest BCUT2D eigenvalue weighted by Gasteiger charge is 2.63. The molecule has 6 bridgehead atoms. The van der Waals surface area contributed by atoms with E-state index in [1.807, 2.05) is 97.1 Å². The molecule has 11 aliphatic rings. The maximum atomic E-state index is 15.9. The summed E-state index contributed by atoms with van der Waals surface area (Å²) in [7, 11) is 6.44. The van der Waals surface area contributed by atoms with E-state index in [0.717, 1.165) is 55.6 Å². The Balaban J connectivity index is 1.05. The first-order valence-electron chi connectivity index (χ1n) is 20.3. The summed E-state index contributed by atoms with van der Waals surface area (Å²) in [6.45, 7) is 0. The minimum atomic E-state index is -0.919. The maximum absolute atomic E-state index is 15.9. The highest BCUT2D eigenvalue weighted by atomic mass is 16.5. The zero-order valence-corrected chi connectivity index (χ0v) is 33.0. The fourth-order valence-corrected chi connectivity index (χ4v) is 12.8. The average Bonchev–Trinajstić information content (AvgIpc) is 3.30. The first kappa shape index (κ1) is 33.9. The lowest BCUT2D eigenvalue weighted by atomic mass is 9.48. The smallest absolute Gasteiger partial charge is 0.187 e. The van der Waals surface area contributed by atoms with Crippen LogP contribution in [-0.2, 0) is 19.2 Å². The number of hydrogen-bond donors (Lipinski definition) is 0. The molecule has 0 heterocycles. The highest BCUT2D eigenvalue weighted by Crippen LogP contribution is 2.69. The van der Waals surface area contributed by atoms with Crippen LogP contribution in [0.25, 0.3) is 0 Å². The van der Waals surface area contributed by atoms with E-state index in [1.165, 1.54) is 0 Å². The predicted molar refractivity (Wildman–Crippen MR) is 219 cm³/mol. The summed E-state index contributed by atoms with van der Waals surface area (Å²) < 4.78 is 23.9. The molecule has 0 aliphatic heterocycles. The Hall–Kier alpha value is -7.06. The number of allylic oxidation sites excluding steroid dienone is 8. The average molecular weight is 787 g/mol. The normalized spacial score (nSPS) is 25.2. The molecule has 0 radical (unpaired) electrons. The third-order valence-electron chi connectivity index (χ3n) is 14.7. The number of hydrogen-bond acceptors (Lipinski definition) is 8. The van der Waals surface area contributed by atoms with Crippen LogP contribution in [0, 0.1) is 0 Å². The monoisotopic (exact) mass is 786 g/mol. The molecule has 0 saturated heterocycles. The minimum absolute atomic E-state index is 0.261. The van der Waals surface area contributed by atoms with Crippen LogP contribution >= 0.6 is 0 Å². The van der Waals surface area contributed by atoms with E-state index >= 15 is 19.2 Å². The number of rotatable bonds is 4. The molecule has 0 spiro atoms. The lowest BCUT2D eigenvalue weighted by Crippen LogP contribution is -2.48. The number of ketones is 4. The first-order chi connectivity index (χ1) is 29.4. The molecule has 0 N–H and O–H groups in total. The molecule has 16 rings (SSSR count). The van der Waals surface area contributed by atoms with Crippen molar-refractivity contribution in [2.24, 2.45) is 0 Å². The van der Waals surface area contributed by atoms with Gasteiger partial charge in [-0.2, -0.15) is 0 Å². The van der Waals surface area contributed by atoms with E-state index in [1.54, 1.807) is 28.4 Å². The van der Waals surface area contributed by atoms with Crippen molar-refractivity contribution in [3.05, 3.63) is 197 Å². The third-order valence-corrected chi connectivity index (χ3v) is 14.7. The Kier molecular flexibility index (Phi) is 6.41. The summed E-state index contributed by atoms with van der Waals surface area (Å²) in [4.78, 5) is 63.4. The fourth-order valence-electron chi connectivity index (χ4n) is 12.8.